The number of nitrogens with zero attached hydrogens (tertiary/aromatic N) is 1. The monoisotopic (exact) mass is 615 g/mol. The van der Waals surface area contributed by atoms with Crippen molar-refractivity contribution in [1.82, 2.24) is 9.79 Å². The number of fused-ring (bicyclic) bond motifs is 2. The highest BCUT2D eigenvalue weighted by Crippen LogP contribution is 2.47. The molecule has 230 valence electrons. The maximum atomic E-state index is 16.6. The topological polar surface area (TPSA) is 102 Å². The summed E-state index contributed by atoms with van der Waals surface area (Å²) in [5, 5.41) is 0. The van der Waals surface area contributed by atoms with Gasteiger partial charge in [0, 0.05) is 23.7 Å². The smallest absolute Gasteiger partial charge is 0.336 e. The van der Waals surface area contributed by atoms with E-state index in [0.717, 1.165) is 0 Å². The fraction of sp³-hybridized carbons (Fsp3) is 0.552. The number of rotatable bonds is 9. The molecular weight excluding hydrogens is 581 g/mol. The minimum Gasteiger partial charge on any atom is -0.336 e. The summed E-state index contributed by atoms with van der Waals surface area (Å²) in [6.07, 6.45) is -2.07. The number of alkyl halides is 5. The fourth-order valence-electron chi connectivity index (χ4n) is 6.79. The van der Waals surface area contributed by atoms with E-state index >= 15 is 8.78 Å². The molecule has 3 fully saturated rings. The molecular formula is C29H34F5N3O4S. The second kappa shape index (κ2) is 11.8. The predicted octanol–water partition coefficient (Wildman–Crippen LogP) is 5.36. The van der Waals surface area contributed by atoms with Crippen molar-refractivity contribution >= 4 is 15.9 Å². The van der Waals surface area contributed by atoms with Crippen LogP contribution in [0, 0.1) is 11.8 Å². The third-order valence-electron chi connectivity index (χ3n) is 8.82. The number of hydrogen-bond donors (Lipinski definition) is 2. The first-order valence-corrected chi connectivity index (χ1v) is 15.6. The van der Waals surface area contributed by atoms with E-state index in [1.807, 2.05) is 4.89 Å². The molecule has 1 saturated carbocycles. The first kappa shape index (κ1) is 30.8. The van der Waals surface area contributed by atoms with Crippen LogP contribution in [0.15, 0.2) is 59.5 Å². The van der Waals surface area contributed by atoms with E-state index in [-0.39, 0.29) is 23.0 Å². The average Bonchev–Trinajstić information content (AvgIpc) is 3.57. The molecule has 2 aromatic rings. The number of nitrogens with two attached hydrogens (primary N) is 1. The second-order valence-corrected chi connectivity index (χ2v) is 13.2. The van der Waals surface area contributed by atoms with E-state index < -0.39 is 57.1 Å². The Balaban J connectivity index is 1.55. The summed E-state index contributed by atoms with van der Waals surface area (Å²) in [6, 6.07) is 8.76. The Hall–Kier alpha value is -2.61. The molecule has 0 aromatic heterocycles. The van der Waals surface area contributed by atoms with Gasteiger partial charge in [-0.3, -0.25) is 9.63 Å². The van der Waals surface area contributed by atoms with Crippen molar-refractivity contribution in [3.05, 3.63) is 65.7 Å². The zero-order chi connectivity index (χ0) is 30.3. The Bertz CT molecular complexity index is 1340. The highest BCUT2D eigenvalue weighted by Gasteiger charge is 2.57. The minimum atomic E-state index is -4.74. The number of carbonyl (C=O) groups is 1. The molecule has 4 atom stereocenters. The van der Waals surface area contributed by atoms with Gasteiger partial charge in [0.2, 0.25) is 5.91 Å². The van der Waals surface area contributed by atoms with Gasteiger partial charge in [0.25, 0.3) is 15.9 Å². The maximum absolute atomic E-state index is 16.6. The second-order valence-electron chi connectivity index (χ2n) is 11.6. The Morgan fingerprint density at radius 1 is 0.881 bits per heavy atom. The van der Waals surface area contributed by atoms with Gasteiger partial charge in [-0.1, -0.05) is 48.1 Å². The van der Waals surface area contributed by atoms with Gasteiger partial charge in [-0.05, 0) is 68.7 Å². The molecule has 1 unspecified atom stereocenters. The van der Waals surface area contributed by atoms with E-state index in [1.54, 1.807) is 6.07 Å². The highest BCUT2D eigenvalue weighted by molar-refractivity contribution is 7.89. The summed E-state index contributed by atoms with van der Waals surface area (Å²) in [5.41, 5.74) is 4.26. The highest BCUT2D eigenvalue weighted by atomic mass is 32.2. The van der Waals surface area contributed by atoms with Crippen molar-refractivity contribution in [2.75, 3.05) is 0 Å². The molecule has 1 amide bonds. The number of sulfonamides is 1. The maximum Gasteiger partial charge on any atom is 0.416 e. The van der Waals surface area contributed by atoms with Crippen LogP contribution in [0.5, 0.6) is 0 Å². The molecule has 2 saturated heterocycles. The van der Waals surface area contributed by atoms with Gasteiger partial charge in [-0.25, -0.2) is 17.2 Å². The minimum absolute atomic E-state index is 0.157. The van der Waals surface area contributed by atoms with Gasteiger partial charge >= 0.3 is 6.18 Å². The van der Waals surface area contributed by atoms with Crippen LogP contribution in [0.4, 0.5) is 22.0 Å². The third-order valence-corrected chi connectivity index (χ3v) is 10.0. The average molecular weight is 616 g/mol. The summed E-state index contributed by atoms with van der Waals surface area (Å²) in [6.45, 7) is 0. The van der Waals surface area contributed by atoms with Crippen LogP contribution in [0.1, 0.15) is 62.5 Å². The summed E-state index contributed by atoms with van der Waals surface area (Å²) in [4.78, 5) is 23.2. The summed E-state index contributed by atoms with van der Waals surface area (Å²) >= 11 is 0. The van der Waals surface area contributed by atoms with Gasteiger partial charge in [0.1, 0.15) is 12.0 Å². The van der Waals surface area contributed by atoms with Crippen LogP contribution in [-0.2, 0) is 31.8 Å². The molecule has 42 heavy (non-hydrogen) atoms. The molecule has 0 spiro atoms. The van der Waals surface area contributed by atoms with Crippen molar-refractivity contribution in [1.29, 1.82) is 0 Å². The van der Waals surface area contributed by atoms with Gasteiger partial charge in [-0.2, -0.15) is 13.2 Å². The van der Waals surface area contributed by atoms with Gasteiger partial charge in [0.15, 0.2) is 0 Å². The van der Waals surface area contributed by atoms with Gasteiger partial charge in [-0.15, -0.1) is 0 Å². The van der Waals surface area contributed by atoms with E-state index in [1.165, 1.54) is 29.2 Å². The molecule has 2 heterocycles. The molecule has 0 radical (unpaired) electrons. The molecule has 1 aliphatic carbocycles. The Kier molecular flexibility index (Phi) is 8.68. The number of hydrogen-bond acceptors (Lipinski definition) is 5. The van der Waals surface area contributed by atoms with Crippen molar-refractivity contribution in [2.45, 2.75) is 92.6 Å². The van der Waals surface area contributed by atoms with Crippen molar-refractivity contribution in [2.24, 2.45) is 17.6 Å². The standard InChI is InChI=1S/C29H34F5N3O4S/c30-28(31,19-10-12-20(13-11-19)29(32,33)34)25(27(38)37-22-14-15-23(37)17-21(35)16-22)26(18-6-4-5-7-18)41-36-42(39,40)24-8-2-1-3-9-24/h1-3,8-13,18,21-23,25-26,36H,4-7,14-17,35H2/t22-,23-,25-,26?/m1/s1. The van der Waals surface area contributed by atoms with Gasteiger partial charge < -0.3 is 10.6 Å². The lowest BCUT2D eigenvalue weighted by Crippen LogP contribution is -2.58. The van der Waals surface area contributed by atoms with Crippen LogP contribution in [0.25, 0.3) is 0 Å². The SMILES string of the molecule is NC1C[C@H]2CC[C@H](C1)N2C(=O)[C@@H](C(ONS(=O)(=O)c1ccccc1)C1CCCC1)C(F)(F)c1ccc(C(F)(F)F)cc1. The number of nitrogens with one attached hydrogen (secondary N) is 1. The van der Waals surface area contributed by atoms with E-state index in [4.69, 9.17) is 10.6 Å². The first-order chi connectivity index (χ1) is 19.8. The van der Waals surface area contributed by atoms with Crippen LogP contribution >= 0.6 is 0 Å². The molecule has 7 nitrogen and oxygen atoms in total. The lowest BCUT2D eigenvalue weighted by molar-refractivity contribution is -0.184. The summed E-state index contributed by atoms with van der Waals surface area (Å²) in [5.74, 6) is -7.70. The summed E-state index contributed by atoms with van der Waals surface area (Å²) in [7, 11) is -4.30. The zero-order valence-electron chi connectivity index (χ0n) is 22.8. The Morgan fingerprint density at radius 2 is 1.43 bits per heavy atom. The van der Waals surface area contributed by atoms with E-state index in [2.05, 4.69) is 0 Å². The van der Waals surface area contributed by atoms with Gasteiger partial charge in [0.05, 0.1) is 10.5 Å². The molecule has 13 heteroatoms. The molecule has 2 aliphatic heterocycles. The van der Waals surface area contributed by atoms with Crippen LogP contribution in [0.3, 0.4) is 0 Å². The predicted molar refractivity (Wildman–Crippen MR) is 143 cm³/mol. The molecule has 2 aromatic carbocycles. The van der Waals surface area contributed by atoms with Crippen molar-refractivity contribution < 1.29 is 40.0 Å². The van der Waals surface area contributed by atoms with Crippen LogP contribution in [0.2, 0.25) is 0 Å². The number of carbonyl (C=O) groups excluding carboxylic acids is 1. The largest absolute Gasteiger partial charge is 0.416 e. The Labute approximate surface area is 241 Å². The lowest BCUT2D eigenvalue weighted by Gasteiger charge is -2.43. The fourth-order valence-corrected chi connectivity index (χ4v) is 7.64. The molecule has 3 aliphatic rings. The molecule has 5 rings (SSSR count). The Morgan fingerprint density at radius 3 is 1.98 bits per heavy atom. The summed E-state index contributed by atoms with van der Waals surface area (Å²) < 4.78 is 98.9. The van der Waals surface area contributed by atoms with E-state index in [0.29, 0.717) is 75.6 Å². The number of benzene rings is 2. The quantitative estimate of drug-likeness (QED) is 0.292. The third kappa shape index (κ3) is 6.20. The van der Waals surface area contributed by atoms with Crippen LogP contribution in [-0.4, -0.2) is 43.5 Å². The normalized spacial score (nSPS) is 25.0. The van der Waals surface area contributed by atoms with Crippen molar-refractivity contribution in [3.63, 3.8) is 0 Å². The molecule has 3 N–H and O–H groups in total. The number of halogens is 5. The van der Waals surface area contributed by atoms with Crippen LogP contribution < -0.4 is 10.6 Å². The van der Waals surface area contributed by atoms with Crippen molar-refractivity contribution in [3.8, 4) is 0 Å². The van der Waals surface area contributed by atoms with E-state index in [9.17, 15) is 26.4 Å². The first-order valence-electron chi connectivity index (χ1n) is 14.1. The number of piperidine rings is 1. The zero-order valence-corrected chi connectivity index (χ0v) is 23.6. The number of amides is 1. The lowest BCUT2D eigenvalue weighted by atomic mass is 9.80. The molecule has 2 bridgehead atoms.